The number of aryl methyl sites for hydroxylation is 1. The molecular weight excluding hydrogens is 260 g/mol. The second-order valence-electron chi connectivity index (χ2n) is 5.27. The highest BCUT2D eigenvalue weighted by Crippen LogP contribution is 2.10. The molecule has 1 aromatic heterocycles. The molecule has 20 heavy (non-hydrogen) atoms. The Hall–Kier alpha value is -2.11. The van der Waals surface area contributed by atoms with E-state index in [1.54, 1.807) is 13.2 Å². The van der Waals surface area contributed by atoms with Crippen molar-refractivity contribution in [3.63, 3.8) is 0 Å². The predicted octanol–water partition coefficient (Wildman–Crippen LogP) is 1.46. The van der Waals surface area contributed by atoms with Gasteiger partial charge in [-0.2, -0.15) is 0 Å². The molecule has 0 radical (unpaired) electrons. The molecule has 1 atom stereocenters. The Kier molecular flexibility index (Phi) is 5.07. The number of hydrogen-bond donors (Lipinski definition) is 2. The van der Waals surface area contributed by atoms with Gasteiger partial charge in [-0.25, -0.2) is 4.79 Å². The topological polar surface area (TPSA) is 88.4 Å². The number of aromatic nitrogens is 1. The van der Waals surface area contributed by atoms with Crippen LogP contribution in [0.5, 0.6) is 0 Å². The van der Waals surface area contributed by atoms with Gasteiger partial charge < -0.3 is 15.0 Å². The van der Waals surface area contributed by atoms with Gasteiger partial charge in [0.15, 0.2) is 5.78 Å². The maximum Gasteiger partial charge on any atom is 0.326 e. The molecule has 1 aromatic rings. The van der Waals surface area contributed by atoms with Crippen molar-refractivity contribution >= 4 is 17.7 Å². The monoisotopic (exact) mass is 280 g/mol. The molecule has 0 aromatic carbocycles. The largest absolute Gasteiger partial charge is 0.480 e. The van der Waals surface area contributed by atoms with Crippen LogP contribution in [0.3, 0.4) is 0 Å². The third-order valence-corrected chi connectivity index (χ3v) is 2.95. The number of carboxylic acids is 1. The lowest BCUT2D eigenvalue weighted by Crippen LogP contribution is -2.42. The van der Waals surface area contributed by atoms with E-state index in [0.29, 0.717) is 12.0 Å². The molecule has 1 amide bonds. The minimum atomic E-state index is -1.06. The Morgan fingerprint density at radius 2 is 1.95 bits per heavy atom. The van der Waals surface area contributed by atoms with Crippen molar-refractivity contribution in [2.24, 2.45) is 13.0 Å². The van der Waals surface area contributed by atoms with E-state index in [-0.39, 0.29) is 17.4 Å². The van der Waals surface area contributed by atoms with Gasteiger partial charge in [-0.05, 0) is 25.3 Å². The zero-order valence-corrected chi connectivity index (χ0v) is 12.1. The number of ketones is 1. The lowest BCUT2D eigenvalue weighted by atomic mass is 10.0. The third-order valence-electron chi connectivity index (χ3n) is 2.95. The number of Topliss-reactive ketones (excluding diaryl/α,β-unsaturated/α-hetero) is 1. The summed E-state index contributed by atoms with van der Waals surface area (Å²) in [4.78, 5) is 34.5. The number of carbonyl (C=O) groups is 3. The second kappa shape index (κ2) is 6.36. The molecule has 2 N–H and O–H groups in total. The molecule has 0 unspecified atom stereocenters. The van der Waals surface area contributed by atoms with Gasteiger partial charge in [-0.15, -0.1) is 0 Å². The van der Waals surface area contributed by atoms with Gasteiger partial charge in [0.2, 0.25) is 0 Å². The average molecular weight is 280 g/mol. The summed E-state index contributed by atoms with van der Waals surface area (Å²) in [5.41, 5.74) is 0.693. The second-order valence-corrected chi connectivity index (χ2v) is 5.27. The van der Waals surface area contributed by atoms with Crippen molar-refractivity contribution in [3.8, 4) is 0 Å². The van der Waals surface area contributed by atoms with Crippen LogP contribution in [0.25, 0.3) is 0 Å². The summed E-state index contributed by atoms with van der Waals surface area (Å²) in [6, 6.07) is 0.532. The van der Waals surface area contributed by atoms with Crippen molar-refractivity contribution in [1.82, 2.24) is 9.88 Å². The number of nitrogens with zero attached hydrogens (tertiary/aromatic N) is 1. The maximum absolute atomic E-state index is 12.1. The van der Waals surface area contributed by atoms with E-state index in [1.807, 2.05) is 13.8 Å². The van der Waals surface area contributed by atoms with Gasteiger partial charge in [0.25, 0.3) is 5.91 Å². The lowest BCUT2D eigenvalue weighted by molar-refractivity contribution is -0.139. The van der Waals surface area contributed by atoms with Crippen molar-refractivity contribution in [2.45, 2.75) is 33.2 Å². The average Bonchev–Trinajstić information content (AvgIpc) is 2.69. The standard InChI is InChI=1S/C14H20N2O4/c1-8(2)5-11(14(19)20)15-13(18)12-6-10(9(3)17)7-16(12)4/h6-8,11H,5H2,1-4H3,(H,15,18)(H,19,20)/t11-/m1/s1. The third kappa shape index (κ3) is 3.94. The summed E-state index contributed by atoms with van der Waals surface area (Å²) in [6.07, 6.45) is 1.90. The van der Waals surface area contributed by atoms with Crippen LogP contribution in [0.4, 0.5) is 0 Å². The fraction of sp³-hybridized carbons (Fsp3) is 0.500. The molecule has 1 rings (SSSR count). The van der Waals surface area contributed by atoms with E-state index < -0.39 is 17.9 Å². The quantitative estimate of drug-likeness (QED) is 0.772. The molecule has 0 saturated heterocycles. The molecule has 0 aliphatic heterocycles. The van der Waals surface area contributed by atoms with Gasteiger partial charge in [-0.3, -0.25) is 9.59 Å². The van der Waals surface area contributed by atoms with Crippen LogP contribution >= 0.6 is 0 Å². The summed E-state index contributed by atoms with van der Waals surface area (Å²) < 4.78 is 1.51. The van der Waals surface area contributed by atoms with E-state index in [9.17, 15) is 14.4 Å². The SMILES string of the molecule is CC(=O)c1cc(C(=O)N[C@H](CC(C)C)C(=O)O)n(C)c1. The normalized spacial score (nSPS) is 12.2. The Morgan fingerprint density at radius 3 is 2.35 bits per heavy atom. The number of rotatable bonds is 6. The first-order chi connectivity index (χ1) is 9.22. The Balaban J connectivity index is 2.89. The molecule has 0 saturated carbocycles. The molecule has 110 valence electrons. The first-order valence-corrected chi connectivity index (χ1v) is 6.43. The summed E-state index contributed by atoms with van der Waals surface area (Å²) in [6.45, 7) is 5.19. The van der Waals surface area contributed by atoms with Crippen molar-refractivity contribution in [1.29, 1.82) is 0 Å². The van der Waals surface area contributed by atoms with Crippen LogP contribution < -0.4 is 5.32 Å². The van der Waals surface area contributed by atoms with Gasteiger partial charge in [-0.1, -0.05) is 13.8 Å². The fourth-order valence-corrected chi connectivity index (χ4v) is 1.91. The molecule has 6 heteroatoms. The van der Waals surface area contributed by atoms with Gasteiger partial charge in [0, 0.05) is 18.8 Å². The molecule has 1 heterocycles. The van der Waals surface area contributed by atoms with Gasteiger partial charge in [0.1, 0.15) is 11.7 Å². The summed E-state index contributed by atoms with van der Waals surface area (Å²) in [5, 5.41) is 11.6. The Labute approximate surface area is 117 Å². The van der Waals surface area contributed by atoms with Crippen molar-refractivity contribution in [2.75, 3.05) is 0 Å². The van der Waals surface area contributed by atoms with Crippen LogP contribution in [0.1, 0.15) is 48.0 Å². The maximum atomic E-state index is 12.1. The Bertz CT molecular complexity index is 531. The molecular formula is C14H20N2O4. The number of nitrogens with one attached hydrogen (secondary N) is 1. The van der Waals surface area contributed by atoms with E-state index in [2.05, 4.69) is 5.32 Å². The van der Waals surface area contributed by atoms with Crippen LogP contribution in [0, 0.1) is 5.92 Å². The number of carbonyl (C=O) groups excluding carboxylic acids is 2. The lowest BCUT2D eigenvalue weighted by Gasteiger charge is -2.16. The Morgan fingerprint density at radius 1 is 1.35 bits per heavy atom. The molecule has 0 fully saturated rings. The molecule has 0 aliphatic rings. The fourth-order valence-electron chi connectivity index (χ4n) is 1.91. The minimum Gasteiger partial charge on any atom is -0.480 e. The van der Waals surface area contributed by atoms with Crippen molar-refractivity contribution in [3.05, 3.63) is 23.5 Å². The summed E-state index contributed by atoms with van der Waals surface area (Å²) in [7, 11) is 1.64. The number of aliphatic carboxylic acids is 1. The number of amides is 1. The first-order valence-electron chi connectivity index (χ1n) is 6.43. The van der Waals surface area contributed by atoms with E-state index in [4.69, 9.17) is 5.11 Å². The van der Waals surface area contributed by atoms with Gasteiger partial charge >= 0.3 is 5.97 Å². The highest BCUT2D eigenvalue weighted by atomic mass is 16.4. The molecule has 0 bridgehead atoms. The van der Waals surface area contributed by atoms with Gasteiger partial charge in [0.05, 0.1) is 0 Å². The van der Waals surface area contributed by atoms with E-state index in [0.717, 1.165) is 0 Å². The minimum absolute atomic E-state index is 0.142. The van der Waals surface area contributed by atoms with Crippen LogP contribution in [-0.4, -0.2) is 33.4 Å². The number of carboxylic acid groups (broad SMARTS) is 1. The smallest absolute Gasteiger partial charge is 0.326 e. The summed E-state index contributed by atoms with van der Waals surface area (Å²) >= 11 is 0. The molecule has 0 spiro atoms. The highest BCUT2D eigenvalue weighted by molar-refractivity contribution is 6.00. The predicted molar refractivity (Wildman–Crippen MR) is 73.8 cm³/mol. The van der Waals surface area contributed by atoms with E-state index >= 15 is 0 Å². The molecule has 6 nitrogen and oxygen atoms in total. The zero-order chi connectivity index (χ0) is 15.4. The van der Waals surface area contributed by atoms with Crippen LogP contribution in [0.2, 0.25) is 0 Å². The van der Waals surface area contributed by atoms with Crippen LogP contribution in [-0.2, 0) is 11.8 Å². The number of hydrogen-bond acceptors (Lipinski definition) is 3. The summed E-state index contributed by atoms with van der Waals surface area (Å²) in [5.74, 6) is -1.55. The zero-order valence-electron chi connectivity index (χ0n) is 12.1. The van der Waals surface area contributed by atoms with E-state index in [1.165, 1.54) is 17.6 Å². The first kappa shape index (κ1) is 15.9. The molecule has 0 aliphatic carbocycles. The van der Waals surface area contributed by atoms with Crippen LogP contribution in [0.15, 0.2) is 12.3 Å². The highest BCUT2D eigenvalue weighted by Gasteiger charge is 2.23. The van der Waals surface area contributed by atoms with Crippen molar-refractivity contribution < 1.29 is 19.5 Å².